The number of anilines is 1. The summed E-state index contributed by atoms with van der Waals surface area (Å²) in [5.74, 6) is -0.224. The van der Waals surface area contributed by atoms with E-state index in [1.807, 2.05) is 39.0 Å². The number of carbonyl (C=O) groups is 1. The normalized spacial score (nSPS) is 14.2. The van der Waals surface area contributed by atoms with Crippen molar-refractivity contribution in [2.45, 2.75) is 26.4 Å². The van der Waals surface area contributed by atoms with Crippen LogP contribution < -0.4 is 10.2 Å². The summed E-state index contributed by atoms with van der Waals surface area (Å²) in [5, 5.41) is 3.32. The highest BCUT2D eigenvalue weighted by atomic mass is 19.1. The third-order valence-corrected chi connectivity index (χ3v) is 3.77. The van der Waals surface area contributed by atoms with Crippen LogP contribution in [0.15, 0.2) is 42.6 Å². The number of ether oxygens (including phenoxy) is 1. The molecule has 3 rings (SSSR count). The zero-order chi connectivity index (χ0) is 19.0. The van der Waals surface area contributed by atoms with E-state index in [9.17, 15) is 9.18 Å². The fourth-order valence-corrected chi connectivity index (χ4v) is 2.56. The molecule has 0 unspecified atom stereocenters. The molecule has 1 aromatic carbocycles. The molecule has 5 nitrogen and oxygen atoms in total. The Morgan fingerprint density at radius 2 is 1.85 bits per heavy atom. The Morgan fingerprint density at radius 1 is 1.15 bits per heavy atom. The Labute approximate surface area is 154 Å². The first-order valence-electron chi connectivity index (χ1n) is 8.69. The molecule has 0 amide bonds. The van der Waals surface area contributed by atoms with Crippen molar-refractivity contribution in [2.24, 2.45) is 0 Å². The molecule has 1 N–H and O–H groups in total. The quantitative estimate of drug-likeness (QED) is 0.853. The van der Waals surface area contributed by atoms with Crippen molar-refractivity contribution >= 4 is 12.2 Å². The monoisotopic (exact) mass is 359 g/mol. The average Bonchev–Trinajstić information content (AvgIpc) is 2.62. The van der Waals surface area contributed by atoms with E-state index in [-0.39, 0.29) is 11.4 Å². The van der Waals surface area contributed by atoms with Crippen LogP contribution in [0.5, 0.6) is 0 Å². The molecule has 26 heavy (non-hydrogen) atoms. The summed E-state index contributed by atoms with van der Waals surface area (Å²) in [5.41, 5.74) is 1.98. The van der Waals surface area contributed by atoms with Gasteiger partial charge in [-0.1, -0.05) is 12.1 Å². The van der Waals surface area contributed by atoms with Crippen molar-refractivity contribution in [1.82, 2.24) is 10.3 Å². The first kappa shape index (κ1) is 19.8. The van der Waals surface area contributed by atoms with Crippen molar-refractivity contribution in [3.05, 3.63) is 48.4 Å². The van der Waals surface area contributed by atoms with Gasteiger partial charge in [-0.2, -0.15) is 0 Å². The molecule has 1 fully saturated rings. The summed E-state index contributed by atoms with van der Waals surface area (Å²) in [6.07, 6.45) is 1.72. The predicted octanol–water partition coefficient (Wildman–Crippen LogP) is 3.26. The zero-order valence-electron chi connectivity index (χ0n) is 15.5. The van der Waals surface area contributed by atoms with Crippen molar-refractivity contribution in [1.29, 1.82) is 0 Å². The van der Waals surface area contributed by atoms with Crippen LogP contribution in [-0.4, -0.2) is 43.2 Å². The van der Waals surface area contributed by atoms with Crippen LogP contribution >= 0.6 is 0 Å². The summed E-state index contributed by atoms with van der Waals surface area (Å²) < 4.78 is 18.5. The molecule has 0 aliphatic carbocycles. The summed E-state index contributed by atoms with van der Waals surface area (Å²) >= 11 is 0. The van der Waals surface area contributed by atoms with E-state index in [0.29, 0.717) is 12.0 Å². The molecule has 1 aliphatic heterocycles. The number of nitrogens with one attached hydrogen (secondary N) is 1. The van der Waals surface area contributed by atoms with Crippen molar-refractivity contribution in [3.8, 4) is 11.3 Å². The van der Waals surface area contributed by atoms with Gasteiger partial charge in [-0.3, -0.25) is 9.78 Å². The SMILES string of the molecule is CC(C)(C)OC=O.Fc1ccccc1-c1ncccc1N1CCNCC1. The van der Waals surface area contributed by atoms with Crippen LogP contribution in [0.3, 0.4) is 0 Å². The number of pyridine rings is 1. The molecule has 0 bridgehead atoms. The van der Waals surface area contributed by atoms with E-state index < -0.39 is 0 Å². The van der Waals surface area contributed by atoms with Gasteiger partial charge in [-0.25, -0.2) is 4.39 Å². The fourth-order valence-electron chi connectivity index (χ4n) is 2.56. The second-order valence-corrected chi connectivity index (χ2v) is 6.91. The van der Waals surface area contributed by atoms with Gasteiger partial charge in [0.05, 0.1) is 11.4 Å². The van der Waals surface area contributed by atoms with E-state index in [4.69, 9.17) is 0 Å². The summed E-state index contributed by atoms with van der Waals surface area (Å²) in [6, 6.07) is 10.7. The topological polar surface area (TPSA) is 54.5 Å². The molecule has 0 atom stereocenters. The van der Waals surface area contributed by atoms with Gasteiger partial charge >= 0.3 is 0 Å². The van der Waals surface area contributed by atoms with E-state index in [1.54, 1.807) is 18.3 Å². The summed E-state index contributed by atoms with van der Waals surface area (Å²) in [4.78, 5) is 16.2. The number of hydrogen-bond acceptors (Lipinski definition) is 5. The molecule has 140 valence electrons. The highest BCUT2D eigenvalue weighted by Crippen LogP contribution is 2.30. The Hall–Kier alpha value is -2.47. The zero-order valence-corrected chi connectivity index (χ0v) is 15.5. The minimum atomic E-state index is -0.318. The number of halogens is 1. The van der Waals surface area contributed by atoms with Gasteiger partial charge in [0.15, 0.2) is 0 Å². The Morgan fingerprint density at radius 3 is 2.42 bits per heavy atom. The Kier molecular flexibility index (Phi) is 7.09. The molecular formula is C20H26FN3O2. The molecule has 2 aromatic rings. The second-order valence-electron chi connectivity index (χ2n) is 6.91. The lowest BCUT2D eigenvalue weighted by Crippen LogP contribution is -2.43. The van der Waals surface area contributed by atoms with Gasteiger partial charge in [0.25, 0.3) is 6.47 Å². The van der Waals surface area contributed by atoms with Gasteiger partial charge < -0.3 is 15.0 Å². The smallest absolute Gasteiger partial charge is 0.293 e. The fraction of sp³-hybridized carbons (Fsp3) is 0.400. The van der Waals surface area contributed by atoms with Gasteiger partial charge in [-0.05, 0) is 45.0 Å². The van der Waals surface area contributed by atoms with E-state index in [2.05, 4.69) is 19.9 Å². The summed E-state index contributed by atoms with van der Waals surface area (Å²) in [7, 11) is 0. The van der Waals surface area contributed by atoms with Crippen LogP contribution in [0.2, 0.25) is 0 Å². The van der Waals surface area contributed by atoms with Crippen molar-refractivity contribution < 1.29 is 13.9 Å². The minimum absolute atomic E-state index is 0.224. The first-order chi connectivity index (χ1) is 12.4. The van der Waals surface area contributed by atoms with Crippen molar-refractivity contribution in [3.63, 3.8) is 0 Å². The molecule has 1 saturated heterocycles. The van der Waals surface area contributed by atoms with E-state index in [0.717, 1.165) is 37.6 Å². The standard InChI is InChI=1S/C15H16FN3.C5H10O2/c16-13-5-2-1-4-12(13)15-14(6-3-7-18-15)19-10-8-17-9-11-19;1-5(2,3)7-4-6/h1-7,17H,8-11H2;4H,1-3H3. The first-order valence-corrected chi connectivity index (χ1v) is 8.69. The number of benzene rings is 1. The van der Waals surface area contributed by atoms with Crippen LogP contribution in [0.1, 0.15) is 20.8 Å². The van der Waals surface area contributed by atoms with Gasteiger partial charge in [-0.15, -0.1) is 0 Å². The Balaban J connectivity index is 0.000000298. The number of piperazine rings is 1. The average molecular weight is 359 g/mol. The van der Waals surface area contributed by atoms with Crippen LogP contribution in [-0.2, 0) is 9.53 Å². The number of carbonyl (C=O) groups excluding carboxylic acids is 1. The number of aromatic nitrogens is 1. The van der Waals surface area contributed by atoms with E-state index in [1.165, 1.54) is 6.07 Å². The maximum atomic E-state index is 14.0. The lowest BCUT2D eigenvalue weighted by atomic mass is 10.1. The third kappa shape index (κ3) is 5.81. The molecule has 0 saturated carbocycles. The highest BCUT2D eigenvalue weighted by Gasteiger charge is 2.17. The largest absolute Gasteiger partial charge is 0.462 e. The number of nitrogens with zero attached hydrogens (tertiary/aromatic N) is 2. The van der Waals surface area contributed by atoms with Gasteiger partial charge in [0.1, 0.15) is 11.4 Å². The van der Waals surface area contributed by atoms with Gasteiger partial charge in [0, 0.05) is 37.9 Å². The molecule has 6 heteroatoms. The molecule has 2 heterocycles. The summed E-state index contributed by atoms with van der Waals surface area (Å²) in [6.45, 7) is 9.67. The number of rotatable bonds is 3. The molecule has 1 aliphatic rings. The highest BCUT2D eigenvalue weighted by molar-refractivity contribution is 5.75. The minimum Gasteiger partial charge on any atom is -0.462 e. The van der Waals surface area contributed by atoms with Crippen LogP contribution in [0, 0.1) is 5.82 Å². The lowest BCUT2D eigenvalue weighted by molar-refractivity contribution is -0.138. The third-order valence-electron chi connectivity index (χ3n) is 3.77. The molecule has 0 spiro atoms. The lowest BCUT2D eigenvalue weighted by Gasteiger charge is -2.30. The van der Waals surface area contributed by atoms with Crippen LogP contribution in [0.4, 0.5) is 10.1 Å². The Bertz CT molecular complexity index is 710. The van der Waals surface area contributed by atoms with E-state index >= 15 is 0 Å². The molecular weight excluding hydrogens is 333 g/mol. The number of hydrogen-bond donors (Lipinski definition) is 1. The molecule has 1 aromatic heterocycles. The van der Waals surface area contributed by atoms with Crippen molar-refractivity contribution in [2.75, 3.05) is 31.1 Å². The van der Waals surface area contributed by atoms with Crippen LogP contribution in [0.25, 0.3) is 11.3 Å². The molecule has 0 radical (unpaired) electrons. The predicted molar refractivity (Wildman–Crippen MR) is 102 cm³/mol. The maximum absolute atomic E-state index is 14.0. The maximum Gasteiger partial charge on any atom is 0.293 e. The van der Waals surface area contributed by atoms with Gasteiger partial charge in [0.2, 0.25) is 0 Å². The second kappa shape index (κ2) is 9.29.